The number of thiazole rings is 1. The first-order valence-electron chi connectivity index (χ1n) is 9.76. The molecule has 4 nitrogen and oxygen atoms in total. The second-order valence-corrected chi connectivity index (χ2v) is 9.58. The van der Waals surface area contributed by atoms with E-state index in [-0.39, 0.29) is 29.5 Å². The monoisotopic (exact) mass is 427 g/mol. The number of nitrogens with zero attached hydrogens (tertiary/aromatic N) is 1. The van der Waals surface area contributed by atoms with E-state index in [0.29, 0.717) is 36.1 Å². The lowest BCUT2D eigenvalue weighted by Crippen LogP contribution is -2.36. The minimum Gasteiger partial charge on any atom is -0.489 e. The van der Waals surface area contributed by atoms with Crippen molar-refractivity contribution in [3.8, 4) is 5.75 Å². The third-order valence-electron chi connectivity index (χ3n) is 4.95. The molecule has 0 unspecified atom stereocenters. The summed E-state index contributed by atoms with van der Waals surface area (Å²) in [5, 5.41) is 1.25. The number of Topliss-reactive ketones (excluding diaryl/α,β-unsaturated/α-hetero) is 1. The van der Waals surface area contributed by atoms with Crippen LogP contribution >= 0.6 is 22.9 Å². The topological polar surface area (TPSA) is 48.4 Å². The number of ether oxygens (including phenoxy) is 2. The highest BCUT2D eigenvalue weighted by Crippen LogP contribution is 2.41. The molecular weight excluding hydrogens is 401 g/mol. The van der Waals surface area contributed by atoms with Crippen LogP contribution in [0.3, 0.4) is 0 Å². The van der Waals surface area contributed by atoms with Gasteiger partial charge < -0.3 is 14.3 Å². The average molecular weight is 428 g/mol. The van der Waals surface area contributed by atoms with Crippen molar-refractivity contribution in [2.75, 3.05) is 13.2 Å². The number of carbonyl (C=O) groups excluding carboxylic acids is 1. The molecule has 1 aromatic heterocycles. The molecule has 3 rings (SSSR count). The van der Waals surface area contributed by atoms with Crippen LogP contribution in [0.5, 0.6) is 5.75 Å². The van der Waals surface area contributed by atoms with Gasteiger partial charge in [-0.05, 0) is 31.6 Å². The van der Waals surface area contributed by atoms with Gasteiger partial charge in [0.25, 0.3) is 0 Å². The normalized spacial score (nSPS) is 20.4. The summed E-state index contributed by atoms with van der Waals surface area (Å²) in [5.41, 5.74) is 0.584. The molecule has 154 valence electrons. The van der Waals surface area contributed by atoms with Crippen LogP contribution < -0.4 is 4.74 Å². The molecule has 7 heteroatoms. The van der Waals surface area contributed by atoms with E-state index < -0.39 is 5.82 Å². The van der Waals surface area contributed by atoms with Crippen molar-refractivity contribution in [3.05, 3.63) is 21.9 Å². The summed E-state index contributed by atoms with van der Waals surface area (Å²) in [6, 6.07) is 1.40. The smallest absolute Gasteiger partial charge is 0.175 e. The first-order valence-corrected chi connectivity index (χ1v) is 11.0. The minimum absolute atomic E-state index is 0.118. The lowest BCUT2D eigenvalue weighted by Gasteiger charge is -2.35. The SMILES string of the molecule is CC(=O)C[C@@H](C)COC1CC(COc2c(F)cc3nc(C(C)C)sc3c2Cl)C1. The van der Waals surface area contributed by atoms with Gasteiger partial charge in [-0.2, -0.15) is 0 Å². The Bertz CT molecular complexity index is 848. The van der Waals surface area contributed by atoms with E-state index in [9.17, 15) is 9.18 Å². The third-order valence-corrected chi connectivity index (χ3v) is 6.81. The van der Waals surface area contributed by atoms with E-state index in [1.807, 2.05) is 6.92 Å². The molecule has 0 saturated heterocycles. The highest BCUT2D eigenvalue weighted by molar-refractivity contribution is 7.19. The molecule has 1 aromatic carbocycles. The Morgan fingerprint density at radius 3 is 2.75 bits per heavy atom. The summed E-state index contributed by atoms with van der Waals surface area (Å²) in [6.07, 6.45) is 2.51. The van der Waals surface area contributed by atoms with E-state index >= 15 is 0 Å². The summed E-state index contributed by atoms with van der Waals surface area (Å²) in [6.45, 7) is 8.74. The molecule has 1 atom stereocenters. The third kappa shape index (κ3) is 5.02. The van der Waals surface area contributed by atoms with Crippen molar-refractivity contribution in [1.29, 1.82) is 0 Å². The van der Waals surface area contributed by atoms with Crippen LogP contribution in [0.2, 0.25) is 5.02 Å². The second kappa shape index (κ2) is 9.06. The number of aromatic nitrogens is 1. The number of fused-ring (bicyclic) bond motifs is 1. The number of hydrogen-bond donors (Lipinski definition) is 0. The summed E-state index contributed by atoms with van der Waals surface area (Å²) >= 11 is 7.91. The molecule has 1 fully saturated rings. The van der Waals surface area contributed by atoms with Gasteiger partial charge in [-0.15, -0.1) is 11.3 Å². The maximum absolute atomic E-state index is 14.5. The van der Waals surface area contributed by atoms with E-state index in [1.54, 1.807) is 6.92 Å². The van der Waals surface area contributed by atoms with Gasteiger partial charge in [0, 0.05) is 25.0 Å². The fraction of sp³-hybridized carbons (Fsp3) is 0.619. The first kappa shape index (κ1) is 21.5. The maximum Gasteiger partial charge on any atom is 0.175 e. The predicted molar refractivity (Wildman–Crippen MR) is 111 cm³/mol. The standard InChI is InChI=1S/C21H27ClFNO3S/c1-11(2)21-24-17-8-16(23)19(18(22)20(17)28-21)27-10-14-6-15(7-14)26-9-12(3)5-13(4)25/h8,11-12,14-15H,5-7,9-10H2,1-4H3/t12-,14?,15?/m1/s1. The van der Waals surface area contributed by atoms with Crippen LogP contribution in [-0.4, -0.2) is 30.1 Å². The minimum atomic E-state index is -0.469. The zero-order valence-electron chi connectivity index (χ0n) is 16.8. The molecule has 0 spiro atoms. The molecule has 1 saturated carbocycles. The highest BCUT2D eigenvalue weighted by Gasteiger charge is 2.31. The number of hydrogen-bond acceptors (Lipinski definition) is 5. The highest BCUT2D eigenvalue weighted by atomic mass is 35.5. The van der Waals surface area contributed by atoms with Gasteiger partial charge in [-0.25, -0.2) is 9.37 Å². The molecular formula is C21H27ClFNO3S. The molecule has 1 aliphatic carbocycles. The van der Waals surface area contributed by atoms with E-state index in [4.69, 9.17) is 21.1 Å². The predicted octanol–water partition coefficient (Wildman–Crippen LogP) is 6.00. The zero-order valence-corrected chi connectivity index (χ0v) is 18.3. The Morgan fingerprint density at radius 2 is 2.11 bits per heavy atom. The number of halogens is 2. The van der Waals surface area contributed by atoms with Crippen LogP contribution in [0.15, 0.2) is 6.07 Å². The fourth-order valence-electron chi connectivity index (χ4n) is 3.37. The van der Waals surface area contributed by atoms with Crippen LogP contribution in [0.25, 0.3) is 10.2 Å². The molecule has 0 amide bonds. The number of rotatable bonds is 9. The Labute approximate surface area is 174 Å². The van der Waals surface area contributed by atoms with Crippen molar-refractivity contribution in [2.45, 2.75) is 59.0 Å². The summed E-state index contributed by atoms with van der Waals surface area (Å²) in [5.74, 6) is 0.671. The van der Waals surface area contributed by atoms with Gasteiger partial charge in [-0.3, -0.25) is 0 Å². The molecule has 0 radical (unpaired) electrons. The second-order valence-electron chi connectivity index (χ2n) is 8.17. The Kier molecular flexibility index (Phi) is 6.94. The van der Waals surface area contributed by atoms with Crippen molar-refractivity contribution >= 4 is 38.9 Å². The summed E-state index contributed by atoms with van der Waals surface area (Å²) in [4.78, 5) is 15.6. The molecule has 28 heavy (non-hydrogen) atoms. The van der Waals surface area contributed by atoms with Crippen molar-refractivity contribution in [2.24, 2.45) is 11.8 Å². The van der Waals surface area contributed by atoms with Crippen LogP contribution in [0.1, 0.15) is 57.9 Å². The lowest BCUT2D eigenvalue weighted by atomic mass is 9.83. The van der Waals surface area contributed by atoms with Gasteiger partial charge in [0.05, 0.1) is 27.9 Å². The molecule has 2 aromatic rings. The molecule has 0 N–H and O–H groups in total. The van der Waals surface area contributed by atoms with E-state index in [1.165, 1.54) is 17.4 Å². The Morgan fingerprint density at radius 1 is 1.39 bits per heavy atom. The summed E-state index contributed by atoms with van der Waals surface area (Å²) < 4.78 is 26.8. The zero-order chi connectivity index (χ0) is 20.4. The van der Waals surface area contributed by atoms with Gasteiger partial charge in [-0.1, -0.05) is 32.4 Å². The largest absolute Gasteiger partial charge is 0.489 e. The lowest BCUT2D eigenvalue weighted by molar-refractivity contribution is -0.119. The van der Waals surface area contributed by atoms with Gasteiger partial charge in [0.1, 0.15) is 10.8 Å². The quantitative estimate of drug-likeness (QED) is 0.492. The number of carbonyl (C=O) groups is 1. The first-order chi connectivity index (χ1) is 13.2. The van der Waals surface area contributed by atoms with Crippen LogP contribution in [0, 0.1) is 17.7 Å². The summed E-state index contributed by atoms with van der Waals surface area (Å²) in [7, 11) is 0. The van der Waals surface area contributed by atoms with Crippen LogP contribution in [-0.2, 0) is 9.53 Å². The van der Waals surface area contributed by atoms with Crippen molar-refractivity contribution in [3.63, 3.8) is 0 Å². The molecule has 1 heterocycles. The van der Waals surface area contributed by atoms with Gasteiger partial charge >= 0.3 is 0 Å². The van der Waals surface area contributed by atoms with Gasteiger partial charge in [0.2, 0.25) is 0 Å². The van der Waals surface area contributed by atoms with E-state index in [0.717, 1.165) is 22.5 Å². The Balaban J connectivity index is 1.52. The number of benzene rings is 1. The molecule has 0 bridgehead atoms. The van der Waals surface area contributed by atoms with Crippen molar-refractivity contribution in [1.82, 2.24) is 4.98 Å². The molecule has 1 aliphatic rings. The molecule has 0 aliphatic heterocycles. The van der Waals surface area contributed by atoms with Crippen molar-refractivity contribution < 1.29 is 18.7 Å². The fourth-order valence-corrected chi connectivity index (χ4v) is 4.71. The average Bonchev–Trinajstić information content (AvgIpc) is 2.99. The Hall–Kier alpha value is -1.24. The van der Waals surface area contributed by atoms with Gasteiger partial charge in [0.15, 0.2) is 11.6 Å². The van der Waals surface area contributed by atoms with E-state index in [2.05, 4.69) is 18.8 Å². The maximum atomic E-state index is 14.5. The number of ketones is 1. The van der Waals surface area contributed by atoms with Crippen LogP contribution in [0.4, 0.5) is 4.39 Å².